The Labute approximate surface area is 117 Å². The maximum absolute atomic E-state index is 13.6. The number of amides is 2. The van der Waals surface area contributed by atoms with Crippen molar-refractivity contribution in [1.82, 2.24) is 10.2 Å². The number of rotatable bonds is 4. The molecule has 0 radical (unpaired) electrons. The van der Waals surface area contributed by atoms with Crippen LogP contribution >= 0.6 is 0 Å². The quantitative estimate of drug-likeness (QED) is 0.851. The number of hydrogen-bond acceptors (Lipinski definition) is 1. The number of carbonyl (C=O) groups excluding carboxylic acids is 1. The summed E-state index contributed by atoms with van der Waals surface area (Å²) in [5, 5.41) is 1.76. The van der Waals surface area contributed by atoms with Gasteiger partial charge in [-0.05, 0) is 18.9 Å². The fraction of sp³-hybridized carbons (Fsp3) is 0.462. The SMILES string of the molecule is O=C(NCC(F)(F)F)N(Cc1ccc(F)cc1F)C1CC1. The van der Waals surface area contributed by atoms with Gasteiger partial charge in [0.05, 0.1) is 6.54 Å². The lowest BCUT2D eigenvalue weighted by Gasteiger charge is -2.23. The number of halogens is 5. The molecule has 0 unspecified atom stereocenters. The van der Waals surface area contributed by atoms with Gasteiger partial charge in [0.15, 0.2) is 0 Å². The topological polar surface area (TPSA) is 32.3 Å². The zero-order valence-corrected chi connectivity index (χ0v) is 10.9. The molecule has 2 amide bonds. The molecule has 0 aliphatic heterocycles. The molecule has 1 aromatic carbocycles. The number of alkyl halides is 3. The Kier molecular flexibility index (Phi) is 4.34. The van der Waals surface area contributed by atoms with E-state index in [9.17, 15) is 26.7 Å². The van der Waals surface area contributed by atoms with Crippen molar-refractivity contribution in [2.75, 3.05) is 6.54 Å². The third kappa shape index (κ3) is 4.57. The zero-order chi connectivity index (χ0) is 15.6. The normalized spacial score (nSPS) is 14.9. The van der Waals surface area contributed by atoms with E-state index in [1.54, 1.807) is 5.32 Å². The minimum atomic E-state index is -4.51. The van der Waals surface area contributed by atoms with Gasteiger partial charge in [0.2, 0.25) is 0 Å². The van der Waals surface area contributed by atoms with E-state index in [4.69, 9.17) is 0 Å². The Morgan fingerprint density at radius 1 is 1.29 bits per heavy atom. The van der Waals surface area contributed by atoms with Gasteiger partial charge in [0, 0.05) is 17.7 Å². The molecule has 3 nitrogen and oxygen atoms in total. The summed E-state index contributed by atoms with van der Waals surface area (Å²) in [5.41, 5.74) is 0.0606. The van der Waals surface area contributed by atoms with E-state index in [-0.39, 0.29) is 18.2 Å². The fourth-order valence-electron chi connectivity index (χ4n) is 1.86. The van der Waals surface area contributed by atoms with Gasteiger partial charge in [-0.1, -0.05) is 6.07 Å². The van der Waals surface area contributed by atoms with Crippen LogP contribution in [0, 0.1) is 11.6 Å². The standard InChI is InChI=1S/C13H13F5N2O/c14-9-2-1-8(11(15)5-9)6-20(10-3-4-10)12(21)19-7-13(16,17)18/h1-2,5,10H,3-4,6-7H2,(H,19,21). The molecule has 0 saturated heterocycles. The monoisotopic (exact) mass is 308 g/mol. The first-order valence-corrected chi connectivity index (χ1v) is 6.31. The van der Waals surface area contributed by atoms with Crippen molar-refractivity contribution in [1.29, 1.82) is 0 Å². The molecular weight excluding hydrogens is 295 g/mol. The summed E-state index contributed by atoms with van der Waals surface area (Å²) in [5.74, 6) is -1.58. The molecule has 1 aliphatic rings. The van der Waals surface area contributed by atoms with Crippen molar-refractivity contribution in [2.45, 2.75) is 31.6 Å². The molecule has 1 aliphatic carbocycles. The predicted molar refractivity (Wildman–Crippen MR) is 64.4 cm³/mol. The van der Waals surface area contributed by atoms with Gasteiger partial charge in [0.1, 0.15) is 18.2 Å². The summed E-state index contributed by atoms with van der Waals surface area (Å²) < 4.78 is 62.7. The van der Waals surface area contributed by atoms with Gasteiger partial charge in [-0.3, -0.25) is 0 Å². The van der Waals surface area contributed by atoms with Crippen LogP contribution in [0.4, 0.5) is 26.7 Å². The molecule has 8 heteroatoms. The van der Waals surface area contributed by atoms with Crippen LogP contribution in [0.15, 0.2) is 18.2 Å². The minimum absolute atomic E-state index is 0.0606. The van der Waals surface area contributed by atoms with E-state index < -0.39 is 30.4 Å². The van der Waals surface area contributed by atoms with Crippen LogP contribution in [0.3, 0.4) is 0 Å². The Balaban J connectivity index is 2.04. The molecule has 0 bridgehead atoms. The average Bonchev–Trinajstić information content (AvgIpc) is 3.18. The predicted octanol–water partition coefficient (Wildman–Crippen LogP) is 3.20. The van der Waals surface area contributed by atoms with E-state index in [0.717, 1.165) is 11.0 Å². The lowest BCUT2D eigenvalue weighted by atomic mass is 10.2. The fourth-order valence-corrected chi connectivity index (χ4v) is 1.86. The molecule has 2 rings (SSSR count). The number of carbonyl (C=O) groups is 1. The first-order valence-electron chi connectivity index (χ1n) is 6.31. The van der Waals surface area contributed by atoms with E-state index >= 15 is 0 Å². The number of hydrogen-bond donors (Lipinski definition) is 1. The van der Waals surface area contributed by atoms with Crippen molar-refractivity contribution in [2.24, 2.45) is 0 Å². The van der Waals surface area contributed by atoms with Crippen LogP contribution in [0.5, 0.6) is 0 Å². The maximum atomic E-state index is 13.6. The average molecular weight is 308 g/mol. The highest BCUT2D eigenvalue weighted by Crippen LogP contribution is 2.29. The molecule has 0 atom stereocenters. The van der Waals surface area contributed by atoms with Gasteiger partial charge in [-0.25, -0.2) is 13.6 Å². The van der Waals surface area contributed by atoms with Crippen molar-refractivity contribution in [3.63, 3.8) is 0 Å². The summed E-state index contributed by atoms with van der Waals surface area (Å²) >= 11 is 0. The molecule has 0 aromatic heterocycles. The molecule has 0 heterocycles. The Morgan fingerprint density at radius 2 is 1.95 bits per heavy atom. The summed E-state index contributed by atoms with van der Waals surface area (Å²) in [6.45, 7) is -1.64. The summed E-state index contributed by atoms with van der Waals surface area (Å²) in [6.07, 6.45) is -3.20. The van der Waals surface area contributed by atoms with Crippen LogP contribution in [0.2, 0.25) is 0 Å². The van der Waals surface area contributed by atoms with Crippen molar-refractivity contribution in [3.8, 4) is 0 Å². The molecule has 1 fully saturated rings. The first-order chi connectivity index (χ1) is 9.76. The van der Waals surface area contributed by atoms with E-state index in [0.29, 0.717) is 18.9 Å². The Hall–Kier alpha value is -1.86. The number of nitrogens with zero attached hydrogens (tertiary/aromatic N) is 1. The minimum Gasteiger partial charge on any atom is -0.329 e. The lowest BCUT2D eigenvalue weighted by molar-refractivity contribution is -0.123. The van der Waals surface area contributed by atoms with Crippen molar-refractivity contribution >= 4 is 6.03 Å². The second-order valence-electron chi connectivity index (χ2n) is 4.87. The highest BCUT2D eigenvalue weighted by molar-refractivity contribution is 5.75. The largest absolute Gasteiger partial charge is 0.405 e. The van der Waals surface area contributed by atoms with Gasteiger partial charge in [0.25, 0.3) is 0 Å². The van der Waals surface area contributed by atoms with Gasteiger partial charge in [-0.2, -0.15) is 13.2 Å². The summed E-state index contributed by atoms with van der Waals surface area (Å²) in [4.78, 5) is 12.9. The molecule has 0 spiro atoms. The van der Waals surface area contributed by atoms with Crippen LogP contribution in [-0.2, 0) is 6.54 Å². The molecular formula is C13H13F5N2O. The Bertz CT molecular complexity index is 528. The number of urea groups is 1. The third-order valence-electron chi connectivity index (χ3n) is 3.04. The van der Waals surface area contributed by atoms with Gasteiger partial charge < -0.3 is 10.2 Å². The van der Waals surface area contributed by atoms with E-state index in [1.807, 2.05) is 0 Å². The van der Waals surface area contributed by atoms with Crippen molar-refractivity contribution < 1.29 is 26.7 Å². The van der Waals surface area contributed by atoms with Crippen LogP contribution in [0.25, 0.3) is 0 Å². The molecule has 1 aromatic rings. The summed E-state index contributed by atoms with van der Waals surface area (Å²) in [7, 11) is 0. The van der Waals surface area contributed by atoms with Crippen LogP contribution in [0.1, 0.15) is 18.4 Å². The zero-order valence-electron chi connectivity index (χ0n) is 10.9. The van der Waals surface area contributed by atoms with E-state index in [1.165, 1.54) is 6.07 Å². The molecule has 116 valence electrons. The summed E-state index contributed by atoms with van der Waals surface area (Å²) in [6, 6.07) is 1.78. The maximum Gasteiger partial charge on any atom is 0.405 e. The second-order valence-corrected chi connectivity index (χ2v) is 4.87. The van der Waals surface area contributed by atoms with Gasteiger partial charge >= 0.3 is 12.2 Å². The lowest BCUT2D eigenvalue weighted by Crippen LogP contribution is -2.44. The number of nitrogens with one attached hydrogen (secondary N) is 1. The molecule has 21 heavy (non-hydrogen) atoms. The number of benzene rings is 1. The third-order valence-corrected chi connectivity index (χ3v) is 3.04. The van der Waals surface area contributed by atoms with Gasteiger partial charge in [-0.15, -0.1) is 0 Å². The smallest absolute Gasteiger partial charge is 0.329 e. The second kappa shape index (κ2) is 5.87. The molecule has 1 saturated carbocycles. The molecule has 1 N–H and O–H groups in total. The highest BCUT2D eigenvalue weighted by atomic mass is 19.4. The highest BCUT2D eigenvalue weighted by Gasteiger charge is 2.35. The van der Waals surface area contributed by atoms with Crippen molar-refractivity contribution in [3.05, 3.63) is 35.4 Å². The Morgan fingerprint density at radius 3 is 2.48 bits per heavy atom. The van der Waals surface area contributed by atoms with E-state index in [2.05, 4.69) is 0 Å². The van der Waals surface area contributed by atoms with Crippen LogP contribution < -0.4 is 5.32 Å². The first kappa shape index (κ1) is 15.5. The van der Waals surface area contributed by atoms with Crippen LogP contribution in [-0.4, -0.2) is 29.7 Å².